The van der Waals surface area contributed by atoms with Crippen LogP contribution in [0.4, 0.5) is 0 Å². The normalized spacial score (nSPS) is 11.4. The molecule has 0 saturated carbocycles. The van der Waals surface area contributed by atoms with E-state index in [1.54, 1.807) is 0 Å². The van der Waals surface area contributed by atoms with Crippen LogP contribution in [0.25, 0.3) is 34.0 Å². The molecule has 9 nitrogen and oxygen atoms in total. The molecule has 3 aromatic heterocycles. The van der Waals surface area contributed by atoms with Crippen molar-refractivity contribution in [3.63, 3.8) is 0 Å². The van der Waals surface area contributed by atoms with Crippen LogP contribution in [0.2, 0.25) is 0 Å². The number of benzene rings is 1. The second kappa shape index (κ2) is 5.93. The number of nitrogens with zero attached hydrogens (tertiary/aromatic N) is 7. The Morgan fingerprint density at radius 1 is 1.16 bits per heavy atom. The van der Waals surface area contributed by atoms with Crippen LogP contribution in [0.1, 0.15) is 19.9 Å². The molecule has 0 unspecified atom stereocenters. The highest BCUT2D eigenvalue weighted by Crippen LogP contribution is 2.24. The first kappa shape index (κ1) is 15.2. The fraction of sp³-hybridized carbons (Fsp3) is 0.250. The van der Waals surface area contributed by atoms with Gasteiger partial charge >= 0.3 is 0 Å². The van der Waals surface area contributed by atoms with Crippen molar-refractivity contribution in [3.05, 3.63) is 30.6 Å². The van der Waals surface area contributed by atoms with Gasteiger partial charge in [-0.2, -0.15) is 4.98 Å². The van der Waals surface area contributed by atoms with E-state index in [0.717, 1.165) is 16.6 Å². The van der Waals surface area contributed by atoms with Gasteiger partial charge < -0.3 is 9.26 Å². The Hall–Kier alpha value is -3.36. The summed E-state index contributed by atoms with van der Waals surface area (Å²) < 4.78 is 12.1. The molecule has 0 aliphatic heterocycles. The topological polar surface area (TPSA) is 105 Å². The minimum absolute atomic E-state index is 0.237. The van der Waals surface area contributed by atoms with Gasteiger partial charge in [-0.3, -0.25) is 0 Å². The van der Waals surface area contributed by atoms with E-state index in [2.05, 4.69) is 44.3 Å². The number of methoxy groups -OCH3 is 1. The summed E-state index contributed by atoms with van der Waals surface area (Å²) in [6.45, 7) is 4.12. The number of aromatic nitrogens is 7. The summed E-state index contributed by atoms with van der Waals surface area (Å²) in [6.07, 6.45) is 3.02. The molecule has 126 valence electrons. The molecular weight excluding hydrogens is 322 g/mol. The lowest BCUT2D eigenvalue weighted by atomic mass is 10.2. The smallest absolute Gasteiger partial charge is 0.278 e. The van der Waals surface area contributed by atoms with Crippen molar-refractivity contribution in [3.8, 4) is 28.9 Å². The summed E-state index contributed by atoms with van der Waals surface area (Å²) in [5, 5.41) is 12.4. The van der Waals surface area contributed by atoms with Crippen LogP contribution < -0.4 is 4.74 Å². The quantitative estimate of drug-likeness (QED) is 0.559. The number of hydrogen-bond donors (Lipinski definition) is 0. The van der Waals surface area contributed by atoms with Crippen molar-refractivity contribution in [1.29, 1.82) is 0 Å². The lowest BCUT2D eigenvalue weighted by Gasteiger charge is -2.04. The molecule has 3 heterocycles. The largest absolute Gasteiger partial charge is 0.480 e. The van der Waals surface area contributed by atoms with Crippen LogP contribution in [-0.4, -0.2) is 42.2 Å². The maximum atomic E-state index is 5.29. The molecule has 0 saturated heterocycles. The first-order chi connectivity index (χ1) is 12.2. The first-order valence-corrected chi connectivity index (χ1v) is 7.71. The third-order valence-corrected chi connectivity index (χ3v) is 3.70. The zero-order valence-electron chi connectivity index (χ0n) is 13.9. The van der Waals surface area contributed by atoms with Crippen molar-refractivity contribution in [2.45, 2.75) is 19.9 Å². The standard InChI is InChI=1S/C16H15N7O2/c1-9(2)23-13-5-4-10(6-11(13)20-22-23)15-19-16(25-21-15)12-7-18-14(24-3)8-17-12/h4-9H,1-3H3. The van der Waals surface area contributed by atoms with Crippen LogP contribution in [0.5, 0.6) is 5.88 Å². The van der Waals surface area contributed by atoms with Crippen molar-refractivity contribution < 1.29 is 9.26 Å². The molecule has 4 rings (SSSR count). The van der Waals surface area contributed by atoms with Crippen molar-refractivity contribution in [2.75, 3.05) is 7.11 Å². The Morgan fingerprint density at radius 3 is 2.76 bits per heavy atom. The third-order valence-electron chi connectivity index (χ3n) is 3.70. The maximum absolute atomic E-state index is 5.29. The lowest BCUT2D eigenvalue weighted by Crippen LogP contribution is -2.02. The minimum Gasteiger partial charge on any atom is -0.480 e. The van der Waals surface area contributed by atoms with Gasteiger partial charge in [-0.1, -0.05) is 10.4 Å². The van der Waals surface area contributed by atoms with Crippen molar-refractivity contribution >= 4 is 11.0 Å². The average molecular weight is 337 g/mol. The predicted molar refractivity (Wildman–Crippen MR) is 88.8 cm³/mol. The monoisotopic (exact) mass is 337 g/mol. The maximum Gasteiger partial charge on any atom is 0.278 e. The van der Waals surface area contributed by atoms with Crippen molar-refractivity contribution in [2.24, 2.45) is 0 Å². The Bertz CT molecular complexity index is 1020. The van der Waals surface area contributed by atoms with E-state index in [9.17, 15) is 0 Å². The number of fused-ring (bicyclic) bond motifs is 1. The Labute approximate surface area is 142 Å². The van der Waals surface area contributed by atoms with E-state index in [1.165, 1.54) is 19.5 Å². The Balaban J connectivity index is 1.68. The molecule has 0 spiro atoms. The molecule has 4 aromatic rings. The second-order valence-corrected chi connectivity index (χ2v) is 5.70. The van der Waals surface area contributed by atoms with Gasteiger partial charge in [0.05, 0.1) is 25.0 Å². The zero-order chi connectivity index (χ0) is 17.4. The van der Waals surface area contributed by atoms with Gasteiger partial charge in [0, 0.05) is 11.6 Å². The molecule has 0 aliphatic carbocycles. The van der Waals surface area contributed by atoms with Crippen LogP contribution in [0.15, 0.2) is 35.1 Å². The van der Waals surface area contributed by atoms with E-state index in [4.69, 9.17) is 9.26 Å². The highest BCUT2D eigenvalue weighted by Gasteiger charge is 2.14. The van der Waals surface area contributed by atoms with E-state index in [1.807, 2.05) is 22.9 Å². The fourth-order valence-electron chi connectivity index (χ4n) is 2.44. The van der Waals surface area contributed by atoms with Crippen LogP contribution in [0.3, 0.4) is 0 Å². The van der Waals surface area contributed by atoms with Gasteiger partial charge in [0.2, 0.25) is 11.7 Å². The summed E-state index contributed by atoms with van der Waals surface area (Å²) in [5.41, 5.74) is 3.01. The molecule has 25 heavy (non-hydrogen) atoms. The fourth-order valence-corrected chi connectivity index (χ4v) is 2.44. The van der Waals surface area contributed by atoms with Gasteiger partial charge in [0.25, 0.3) is 5.89 Å². The second-order valence-electron chi connectivity index (χ2n) is 5.70. The molecule has 0 N–H and O–H groups in total. The van der Waals surface area contributed by atoms with E-state index in [-0.39, 0.29) is 11.9 Å². The molecule has 0 fully saturated rings. The van der Waals surface area contributed by atoms with Gasteiger partial charge in [-0.05, 0) is 32.0 Å². The summed E-state index contributed by atoms with van der Waals surface area (Å²) in [6, 6.07) is 5.99. The van der Waals surface area contributed by atoms with Gasteiger partial charge in [0.1, 0.15) is 11.2 Å². The molecule has 0 radical (unpaired) electrons. The molecular formula is C16H15N7O2. The first-order valence-electron chi connectivity index (χ1n) is 7.71. The van der Waals surface area contributed by atoms with E-state index < -0.39 is 0 Å². The molecule has 0 atom stereocenters. The highest BCUT2D eigenvalue weighted by molar-refractivity contribution is 5.80. The SMILES string of the molecule is COc1cnc(-c2nc(-c3ccc4c(c3)nnn4C(C)C)no2)cn1. The molecule has 9 heteroatoms. The Kier molecular flexibility index (Phi) is 3.60. The predicted octanol–water partition coefficient (Wildman–Crippen LogP) is 2.53. The molecule has 0 amide bonds. The lowest BCUT2D eigenvalue weighted by molar-refractivity contribution is 0.395. The summed E-state index contributed by atoms with van der Waals surface area (Å²) in [5.74, 6) is 1.16. The van der Waals surface area contributed by atoms with Crippen LogP contribution in [-0.2, 0) is 0 Å². The Morgan fingerprint density at radius 2 is 2.04 bits per heavy atom. The van der Waals surface area contributed by atoms with Gasteiger partial charge in [-0.25, -0.2) is 14.6 Å². The summed E-state index contributed by atoms with van der Waals surface area (Å²) >= 11 is 0. The number of ether oxygens (including phenoxy) is 1. The average Bonchev–Trinajstić information content (AvgIpc) is 3.28. The minimum atomic E-state index is 0.237. The summed E-state index contributed by atoms with van der Waals surface area (Å²) in [4.78, 5) is 12.7. The third kappa shape index (κ3) is 2.69. The highest BCUT2D eigenvalue weighted by atomic mass is 16.5. The summed E-state index contributed by atoms with van der Waals surface area (Å²) in [7, 11) is 1.53. The van der Waals surface area contributed by atoms with Gasteiger partial charge in [-0.15, -0.1) is 5.10 Å². The zero-order valence-corrected chi connectivity index (χ0v) is 13.9. The number of rotatable bonds is 4. The van der Waals surface area contributed by atoms with Gasteiger partial charge in [0.15, 0.2) is 0 Å². The van der Waals surface area contributed by atoms with Crippen LogP contribution in [0, 0.1) is 0 Å². The van der Waals surface area contributed by atoms with Crippen LogP contribution >= 0.6 is 0 Å². The van der Waals surface area contributed by atoms with E-state index in [0.29, 0.717) is 17.4 Å². The molecule has 0 aliphatic rings. The molecule has 1 aromatic carbocycles. The molecule has 0 bridgehead atoms. The number of hydrogen-bond acceptors (Lipinski definition) is 8. The van der Waals surface area contributed by atoms with Crippen molar-refractivity contribution in [1.82, 2.24) is 35.1 Å². The van der Waals surface area contributed by atoms with E-state index >= 15 is 0 Å².